The molecule has 0 saturated heterocycles. The number of ether oxygens (including phenoxy) is 2. The molecule has 0 fully saturated rings. The Bertz CT molecular complexity index is 942. The largest absolute Gasteiger partial charge is 0.497 e. The third-order valence-corrected chi connectivity index (χ3v) is 4.30. The molecule has 0 aliphatic rings. The summed E-state index contributed by atoms with van der Waals surface area (Å²) in [7, 11) is 1.61. The van der Waals surface area contributed by atoms with Crippen LogP contribution >= 0.6 is 0 Å². The molecular weight excluding hydrogens is 328 g/mol. The molecule has 3 aromatic rings. The highest BCUT2D eigenvalue weighted by molar-refractivity contribution is 6.02. The Labute approximate surface area is 152 Å². The first-order chi connectivity index (χ1) is 12.6. The van der Waals surface area contributed by atoms with Gasteiger partial charge in [-0.1, -0.05) is 37.3 Å². The fraction of sp³-hybridized carbons (Fsp3) is 0.182. The van der Waals surface area contributed by atoms with Crippen molar-refractivity contribution in [3.05, 3.63) is 77.4 Å². The van der Waals surface area contributed by atoms with Gasteiger partial charge in [0.25, 0.3) is 0 Å². The van der Waals surface area contributed by atoms with Gasteiger partial charge in [-0.2, -0.15) is 0 Å². The van der Waals surface area contributed by atoms with Gasteiger partial charge in [-0.05, 0) is 53.1 Å². The van der Waals surface area contributed by atoms with E-state index in [1.807, 2.05) is 43.3 Å². The van der Waals surface area contributed by atoms with Gasteiger partial charge in [0.05, 0.1) is 12.7 Å². The zero-order chi connectivity index (χ0) is 18.5. The smallest absolute Gasteiger partial charge is 0.338 e. The van der Waals surface area contributed by atoms with Gasteiger partial charge >= 0.3 is 5.97 Å². The highest BCUT2D eigenvalue weighted by Gasteiger charge is 2.12. The number of benzene rings is 3. The quantitative estimate of drug-likeness (QED) is 0.488. The van der Waals surface area contributed by atoms with Crippen LogP contribution in [0.1, 0.15) is 33.2 Å². The summed E-state index contributed by atoms with van der Waals surface area (Å²) in [5.41, 5.74) is 2.10. The molecule has 0 radical (unpaired) electrons. The molecular formula is C22H20O4. The van der Waals surface area contributed by atoms with E-state index in [0.29, 0.717) is 11.1 Å². The Hall–Kier alpha value is -3.14. The topological polar surface area (TPSA) is 52.6 Å². The molecule has 0 amide bonds. The van der Waals surface area contributed by atoms with Gasteiger partial charge in [0.15, 0.2) is 12.4 Å². The molecule has 0 aliphatic carbocycles. The third kappa shape index (κ3) is 3.91. The summed E-state index contributed by atoms with van der Waals surface area (Å²) in [5, 5.41) is 1.91. The van der Waals surface area contributed by atoms with Crippen LogP contribution in [0.4, 0.5) is 0 Å². The molecule has 0 bridgehead atoms. The lowest BCUT2D eigenvalue weighted by Crippen LogP contribution is -2.14. The maximum Gasteiger partial charge on any atom is 0.338 e. The first kappa shape index (κ1) is 17.7. The van der Waals surface area contributed by atoms with Crippen molar-refractivity contribution in [2.24, 2.45) is 0 Å². The molecule has 0 saturated carbocycles. The second-order valence-electron chi connectivity index (χ2n) is 5.98. The van der Waals surface area contributed by atoms with Crippen molar-refractivity contribution < 1.29 is 19.1 Å². The number of aryl methyl sites for hydroxylation is 1. The summed E-state index contributed by atoms with van der Waals surface area (Å²) >= 11 is 0. The highest BCUT2D eigenvalue weighted by atomic mass is 16.5. The lowest BCUT2D eigenvalue weighted by molar-refractivity contribution is 0.0475. The van der Waals surface area contributed by atoms with Crippen LogP contribution in [0.25, 0.3) is 10.8 Å². The fourth-order valence-electron chi connectivity index (χ4n) is 2.70. The number of methoxy groups -OCH3 is 1. The molecule has 0 aromatic heterocycles. The SMILES string of the molecule is CCc1ccc(C(=O)OCC(=O)c2ccc3cc(OC)ccc3c2)cc1. The van der Waals surface area contributed by atoms with Crippen molar-refractivity contribution in [2.75, 3.05) is 13.7 Å². The van der Waals surface area contributed by atoms with E-state index in [9.17, 15) is 9.59 Å². The van der Waals surface area contributed by atoms with E-state index in [2.05, 4.69) is 0 Å². The van der Waals surface area contributed by atoms with E-state index < -0.39 is 5.97 Å². The van der Waals surface area contributed by atoms with Crippen LogP contribution in [-0.4, -0.2) is 25.5 Å². The van der Waals surface area contributed by atoms with Gasteiger partial charge in [0, 0.05) is 5.56 Å². The summed E-state index contributed by atoms with van der Waals surface area (Å²) in [6.45, 7) is 1.77. The van der Waals surface area contributed by atoms with Crippen LogP contribution < -0.4 is 4.74 Å². The van der Waals surface area contributed by atoms with Crippen molar-refractivity contribution >= 4 is 22.5 Å². The van der Waals surface area contributed by atoms with Crippen LogP contribution in [0, 0.1) is 0 Å². The molecule has 3 aromatic carbocycles. The van der Waals surface area contributed by atoms with E-state index in [4.69, 9.17) is 9.47 Å². The maximum atomic E-state index is 12.3. The second-order valence-corrected chi connectivity index (χ2v) is 5.98. The standard InChI is InChI=1S/C22H20O4/c1-3-15-4-6-16(7-5-15)22(24)26-14-21(23)19-9-8-18-13-20(25-2)11-10-17(18)12-19/h4-13H,3,14H2,1-2H3. The van der Waals surface area contributed by atoms with Crippen molar-refractivity contribution in [3.63, 3.8) is 0 Å². The lowest BCUT2D eigenvalue weighted by Gasteiger charge is -2.07. The number of ketones is 1. The van der Waals surface area contributed by atoms with E-state index in [-0.39, 0.29) is 12.4 Å². The first-order valence-corrected chi connectivity index (χ1v) is 8.48. The summed E-state index contributed by atoms with van der Waals surface area (Å²) in [5.74, 6) is 0.0346. The van der Waals surface area contributed by atoms with Crippen molar-refractivity contribution in [1.82, 2.24) is 0 Å². The number of carbonyl (C=O) groups is 2. The number of fused-ring (bicyclic) bond motifs is 1. The van der Waals surface area contributed by atoms with Crippen LogP contribution in [0.3, 0.4) is 0 Å². The van der Waals surface area contributed by atoms with E-state index >= 15 is 0 Å². The molecule has 0 spiro atoms. The minimum atomic E-state index is -0.494. The number of carbonyl (C=O) groups excluding carboxylic acids is 2. The molecule has 4 heteroatoms. The Balaban J connectivity index is 1.67. The van der Waals surface area contributed by atoms with Crippen LogP contribution in [0.2, 0.25) is 0 Å². The molecule has 132 valence electrons. The molecule has 0 atom stereocenters. The molecule has 0 N–H and O–H groups in total. The van der Waals surface area contributed by atoms with Crippen LogP contribution in [-0.2, 0) is 11.2 Å². The van der Waals surface area contributed by atoms with Gasteiger partial charge in [0.1, 0.15) is 5.75 Å². The van der Waals surface area contributed by atoms with Crippen molar-refractivity contribution in [3.8, 4) is 5.75 Å². The molecule has 0 heterocycles. The zero-order valence-corrected chi connectivity index (χ0v) is 14.8. The minimum absolute atomic E-state index is 0.235. The van der Waals surface area contributed by atoms with Crippen LogP contribution in [0.5, 0.6) is 5.75 Å². The fourth-order valence-corrected chi connectivity index (χ4v) is 2.70. The van der Waals surface area contributed by atoms with E-state index in [0.717, 1.165) is 28.5 Å². The Morgan fingerprint density at radius 3 is 2.19 bits per heavy atom. The summed E-state index contributed by atoms with van der Waals surface area (Å²) in [4.78, 5) is 24.4. The second kappa shape index (κ2) is 7.83. The molecule has 3 rings (SSSR count). The molecule has 26 heavy (non-hydrogen) atoms. The van der Waals surface area contributed by atoms with Crippen LogP contribution in [0.15, 0.2) is 60.7 Å². The normalized spacial score (nSPS) is 10.5. The van der Waals surface area contributed by atoms with Crippen molar-refractivity contribution in [2.45, 2.75) is 13.3 Å². The van der Waals surface area contributed by atoms with Gasteiger partial charge in [-0.3, -0.25) is 4.79 Å². The Kier molecular flexibility index (Phi) is 5.32. The van der Waals surface area contributed by atoms with Gasteiger partial charge in [-0.15, -0.1) is 0 Å². The summed E-state index contributed by atoms with van der Waals surface area (Å²) < 4.78 is 10.4. The predicted octanol–water partition coefficient (Wildman–Crippen LogP) is 4.45. The van der Waals surface area contributed by atoms with E-state index in [1.165, 1.54) is 0 Å². The van der Waals surface area contributed by atoms with Gasteiger partial charge < -0.3 is 9.47 Å². The number of rotatable bonds is 6. The molecule has 4 nitrogen and oxygen atoms in total. The number of Topliss-reactive ketones (excluding diaryl/α,β-unsaturated/α-hetero) is 1. The monoisotopic (exact) mass is 348 g/mol. The highest BCUT2D eigenvalue weighted by Crippen LogP contribution is 2.22. The lowest BCUT2D eigenvalue weighted by atomic mass is 10.0. The Morgan fingerprint density at radius 1 is 0.846 bits per heavy atom. The summed E-state index contributed by atoms with van der Waals surface area (Å²) in [6.07, 6.45) is 0.904. The third-order valence-electron chi connectivity index (χ3n) is 4.30. The first-order valence-electron chi connectivity index (χ1n) is 8.48. The zero-order valence-electron chi connectivity index (χ0n) is 14.8. The number of esters is 1. The minimum Gasteiger partial charge on any atom is -0.497 e. The summed E-state index contributed by atoms with van der Waals surface area (Å²) in [6, 6.07) is 18.2. The van der Waals surface area contributed by atoms with Gasteiger partial charge in [0.2, 0.25) is 0 Å². The van der Waals surface area contributed by atoms with Crippen molar-refractivity contribution in [1.29, 1.82) is 0 Å². The average molecular weight is 348 g/mol. The number of hydrogen-bond donors (Lipinski definition) is 0. The maximum absolute atomic E-state index is 12.3. The molecule has 0 unspecified atom stereocenters. The average Bonchev–Trinajstić information content (AvgIpc) is 2.70. The Morgan fingerprint density at radius 2 is 1.50 bits per heavy atom. The molecule has 0 aliphatic heterocycles. The number of hydrogen-bond acceptors (Lipinski definition) is 4. The van der Waals surface area contributed by atoms with E-state index in [1.54, 1.807) is 31.4 Å². The van der Waals surface area contributed by atoms with Gasteiger partial charge in [-0.25, -0.2) is 4.79 Å². The predicted molar refractivity (Wildman–Crippen MR) is 101 cm³/mol.